The van der Waals surface area contributed by atoms with Gasteiger partial charge in [0.15, 0.2) is 0 Å². The van der Waals surface area contributed by atoms with Crippen molar-refractivity contribution in [3.8, 4) is 5.75 Å². The van der Waals surface area contributed by atoms with Crippen molar-refractivity contribution in [2.75, 3.05) is 20.2 Å². The molecule has 1 unspecified atom stereocenters. The first-order valence-electron chi connectivity index (χ1n) is 6.37. The van der Waals surface area contributed by atoms with Gasteiger partial charge in [-0.3, -0.25) is 4.79 Å². The Morgan fingerprint density at radius 1 is 1.56 bits per heavy atom. The maximum atomic E-state index is 12.0. The van der Waals surface area contributed by atoms with Crippen molar-refractivity contribution >= 4 is 5.91 Å². The van der Waals surface area contributed by atoms with Gasteiger partial charge in [0.2, 0.25) is 0 Å². The summed E-state index contributed by atoms with van der Waals surface area (Å²) in [5.74, 6) is 0.712. The first kappa shape index (κ1) is 12.9. The number of ether oxygens (including phenoxy) is 1. The van der Waals surface area contributed by atoms with Gasteiger partial charge in [-0.25, -0.2) is 0 Å². The molecule has 1 saturated heterocycles. The number of carbonyl (C=O) groups is 1. The quantitative estimate of drug-likeness (QED) is 0.848. The Kier molecular flexibility index (Phi) is 4.20. The molecule has 1 heterocycles. The molecule has 0 bridgehead atoms. The molecule has 1 aliphatic heterocycles. The number of nitrogens with one attached hydrogen (secondary N) is 2. The summed E-state index contributed by atoms with van der Waals surface area (Å²) in [6, 6.07) is 5.94. The fourth-order valence-electron chi connectivity index (χ4n) is 2.21. The molecular formula is C14H20N2O2. The summed E-state index contributed by atoms with van der Waals surface area (Å²) in [6.45, 7) is 3.71. The lowest BCUT2D eigenvalue weighted by Crippen LogP contribution is -2.37. The van der Waals surface area contributed by atoms with Crippen molar-refractivity contribution in [2.45, 2.75) is 25.8 Å². The standard InChI is InChI=1S/C14H20N2O2/c1-10-5-6-11(8-13(10)18-2)14(17)16-9-12-4-3-7-15-12/h5-6,8,12,15H,3-4,7,9H2,1-2H3,(H,16,17). The maximum absolute atomic E-state index is 12.0. The van der Waals surface area contributed by atoms with Crippen LogP contribution in [0.1, 0.15) is 28.8 Å². The zero-order valence-corrected chi connectivity index (χ0v) is 11.0. The number of aryl methyl sites for hydroxylation is 1. The normalized spacial score (nSPS) is 18.7. The highest BCUT2D eigenvalue weighted by Gasteiger charge is 2.15. The molecule has 4 nitrogen and oxygen atoms in total. The molecule has 98 valence electrons. The Morgan fingerprint density at radius 2 is 2.39 bits per heavy atom. The second-order valence-electron chi connectivity index (χ2n) is 4.69. The van der Waals surface area contributed by atoms with E-state index in [0.717, 1.165) is 24.3 Å². The first-order chi connectivity index (χ1) is 8.70. The van der Waals surface area contributed by atoms with Crippen molar-refractivity contribution in [3.05, 3.63) is 29.3 Å². The molecule has 0 saturated carbocycles. The summed E-state index contributed by atoms with van der Waals surface area (Å²) in [6.07, 6.45) is 2.33. The number of hydrogen-bond donors (Lipinski definition) is 2. The van der Waals surface area contributed by atoms with Crippen LogP contribution in [0.2, 0.25) is 0 Å². The fourth-order valence-corrected chi connectivity index (χ4v) is 2.21. The number of hydrogen-bond acceptors (Lipinski definition) is 3. The zero-order valence-electron chi connectivity index (χ0n) is 11.0. The molecule has 1 aromatic carbocycles. The van der Waals surface area contributed by atoms with Gasteiger partial charge in [0, 0.05) is 18.2 Å². The van der Waals surface area contributed by atoms with Crippen molar-refractivity contribution in [1.82, 2.24) is 10.6 Å². The molecule has 1 fully saturated rings. The lowest BCUT2D eigenvalue weighted by Gasteiger charge is -2.12. The third kappa shape index (κ3) is 3.01. The average Bonchev–Trinajstić information content (AvgIpc) is 2.89. The molecule has 1 aromatic rings. The largest absolute Gasteiger partial charge is 0.496 e. The minimum absolute atomic E-state index is 0.0398. The second kappa shape index (κ2) is 5.87. The fraction of sp³-hybridized carbons (Fsp3) is 0.500. The van der Waals surface area contributed by atoms with E-state index >= 15 is 0 Å². The van der Waals surface area contributed by atoms with E-state index in [1.165, 1.54) is 6.42 Å². The lowest BCUT2D eigenvalue weighted by molar-refractivity contribution is 0.0950. The Morgan fingerprint density at radius 3 is 3.06 bits per heavy atom. The van der Waals surface area contributed by atoms with Crippen molar-refractivity contribution < 1.29 is 9.53 Å². The van der Waals surface area contributed by atoms with Crippen molar-refractivity contribution in [3.63, 3.8) is 0 Å². The van der Waals surface area contributed by atoms with Crippen LogP contribution in [0.4, 0.5) is 0 Å². The Bertz CT molecular complexity index is 426. The molecule has 0 aliphatic carbocycles. The molecule has 0 aromatic heterocycles. The van der Waals surface area contributed by atoms with Crippen LogP contribution in [0.3, 0.4) is 0 Å². The molecule has 1 amide bonds. The summed E-state index contributed by atoms with van der Waals surface area (Å²) >= 11 is 0. The number of benzene rings is 1. The molecule has 18 heavy (non-hydrogen) atoms. The van der Waals surface area contributed by atoms with Gasteiger partial charge >= 0.3 is 0 Å². The predicted octanol–water partition coefficient (Wildman–Crippen LogP) is 1.49. The van der Waals surface area contributed by atoms with Gasteiger partial charge in [-0.15, -0.1) is 0 Å². The van der Waals surface area contributed by atoms with Crippen LogP contribution < -0.4 is 15.4 Å². The molecular weight excluding hydrogens is 228 g/mol. The number of methoxy groups -OCH3 is 1. The van der Waals surface area contributed by atoms with E-state index in [-0.39, 0.29) is 5.91 Å². The molecule has 4 heteroatoms. The monoisotopic (exact) mass is 248 g/mol. The van der Waals surface area contributed by atoms with Gasteiger partial charge in [-0.1, -0.05) is 6.07 Å². The highest BCUT2D eigenvalue weighted by molar-refractivity contribution is 5.94. The third-order valence-electron chi connectivity index (χ3n) is 3.34. The number of carbonyl (C=O) groups excluding carboxylic acids is 1. The first-order valence-corrected chi connectivity index (χ1v) is 6.37. The van der Waals surface area contributed by atoms with Crippen LogP contribution in [-0.4, -0.2) is 32.1 Å². The summed E-state index contributed by atoms with van der Waals surface area (Å²) in [5, 5.41) is 6.31. The van der Waals surface area contributed by atoms with E-state index in [4.69, 9.17) is 4.74 Å². The molecule has 1 atom stereocenters. The molecule has 0 radical (unpaired) electrons. The summed E-state index contributed by atoms with van der Waals surface area (Å²) < 4.78 is 5.22. The van der Waals surface area contributed by atoms with E-state index < -0.39 is 0 Å². The van der Waals surface area contributed by atoms with E-state index in [0.29, 0.717) is 18.2 Å². The van der Waals surface area contributed by atoms with Crippen LogP contribution in [0.5, 0.6) is 5.75 Å². The average molecular weight is 248 g/mol. The van der Waals surface area contributed by atoms with E-state index in [2.05, 4.69) is 10.6 Å². The maximum Gasteiger partial charge on any atom is 0.251 e. The van der Waals surface area contributed by atoms with Crippen LogP contribution in [0.25, 0.3) is 0 Å². The molecule has 2 rings (SSSR count). The topological polar surface area (TPSA) is 50.4 Å². The van der Waals surface area contributed by atoms with Crippen molar-refractivity contribution in [1.29, 1.82) is 0 Å². The highest BCUT2D eigenvalue weighted by atomic mass is 16.5. The smallest absolute Gasteiger partial charge is 0.251 e. The van der Waals surface area contributed by atoms with Gasteiger partial charge in [-0.2, -0.15) is 0 Å². The van der Waals surface area contributed by atoms with Gasteiger partial charge in [0.1, 0.15) is 5.75 Å². The summed E-state index contributed by atoms with van der Waals surface area (Å²) in [5.41, 5.74) is 1.68. The zero-order chi connectivity index (χ0) is 13.0. The summed E-state index contributed by atoms with van der Waals surface area (Å²) in [7, 11) is 1.62. The minimum atomic E-state index is -0.0398. The van der Waals surface area contributed by atoms with Crippen LogP contribution in [-0.2, 0) is 0 Å². The van der Waals surface area contributed by atoms with Crippen LogP contribution in [0.15, 0.2) is 18.2 Å². The van der Waals surface area contributed by atoms with E-state index in [9.17, 15) is 4.79 Å². The highest BCUT2D eigenvalue weighted by Crippen LogP contribution is 2.18. The van der Waals surface area contributed by atoms with E-state index in [1.807, 2.05) is 19.1 Å². The number of rotatable bonds is 4. The number of amides is 1. The molecule has 1 aliphatic rings. The summed E-state index contributed by atoms with van der Waals surface area (Å²) in [4.78, 5) is 12.0. The predicted molar refractivity (Wildman–Crippen MR) is 71.1 cm³/mol. The Hall–Kier alpha value is -1.55. The van der Waals surface area contributed by atoms with Gasteiger partial charge in [0.05, 0.1) is 7.11 Å². The van der Waals surface area contributed by atoms with Crippen LogP contribution >= 0.6 is 0 Å². The van der Waals surface area contributed by atoms with Crippen molar-refractivity contribution in [2.24, 2.45) is 0 Å². The SMILES string of the molecule is COc1cc(C(=O)NCC2CCCN2)ccc1C. The van der Waals surface area contributed by atoms with Gasteiger partial charge < -0.3 is 15.4 Å². The molecule has 2 N–H and O–H groups in total. The lowest BCUT2D eigenvalue weighted by atomic mass is 10.1. The third-order valence-corrected chi connectivity index (χ3v) is 3.34. The minimum Gasteiger partial charge on any atom is -0.496 e. The Balaban J connectivity index is 1.95. The second-order valence-corrected chi connectivity index (χ2v) is 4.69. The van der Waals surface area contributed by atoms with Gasteiger partial charge in [0.25, 0.3) is 5.91 Å². The molecule has 0 spiro atoms. The van der Waals surface area contributed by atoms with Gasteiger partial charge in [-0.05, 0) is 44.0 Å². The Labute approximate surface area is 108 Å². The van der Waals surface area contributed by atoms with E-state index in [1.54, 1.807) is 13.2 Å². The van der Waals surface area contributed by atoms with Crippen LogP contribution in [0, 0.1) is 6.92 Å².